The molecule has 1 atom stereocenters. The maximum absolute atomic E-state index is 14.1. The number of nitrogens with zero attached hydrogens (tertiary/aromatic N) is 1. The van der Waals surface area contributed by atoms with Crippen molar-refractivity contribution in [3.63, 3.8) is 0 Å². The van der Waals surface area contributed by atoms with Crippen molar-refractivity contribution in [1.82, 2.24) is 15.3 Å². The largest absolute Gasteiger partial charge is 0.380 e. The zero-order chi connectivity index (χ0) is 20.3. The lowest BCUT2D eigenvalue weighted by atomic mass is 10.2. The molecule has 2 aromatic heterocycles. The zero-order valence-corrected chi connectivity index (χ0v) is 17.0. The molecule has 0 fully saturated rings. The number of hydrogen-bond acceptors (Lipinski definition) is 4. The molecule has 0 saturated carbocycles. The second-order valence-corrected chi connectivity index (χ2v) is 9.08. The number of hydrogen-bond donors (Lipinski definition) is 2. The highest BCUT2D eigenvalue weighted by atomic mass is 31.2. The summed E-state index contributed by atoms with van der Waals surface area (Å²) in [6, 6.07) is 21.0. The molecule has 0 radical (unpaired) electrons. The van der Waals surface area contributed by atoms with E-state index >= 15 is 0 Å². The third-order valence-corrected chi connectivity index (χ3v) is 7.43. The standard InChI is InChI=1S/C23H22N3O2P/c1-17(25-16-18-12-14-24-15-13-18)22-23(20-10-6-7-11-21(20)26-22)29(27,28-2)19-8-4-3-5-9-19/h3-15,25-26H,1,16H2,2H3. The van der Waals surface area contributed by atoms with Crippen molar-refractivity contribution < 1.29 is 9.09 Å². The molecule has 5 nitrogen and oxygen atoms in total. The van der Waals surface area contributed by atoms with Crippen molar-refractivity contribution in [2.24, 2.45) is 0 Å². The molecule has 2 heterocycles. The monoisotopic (exact) mass is 403 g/mol. The number of para-hydroxylation sites is 1. The van der Waals surface area contributed by atoms with Gasteiger partial charge >= 0.3 is 0 Å². The number of pyridine rings is 1. The second-order valence-electron chi connectivity index (χ2n) is 6.65. The molecule has 2 N–H and O–H groups in total. The van der Waals surface area contributed by atoms with E-state index in [4.69, 9.17) is 4.52 Å². The molecule has 0 aliphatic rings. The van der Waals surface area contributed by atoms with E-state index in [2.05, 4.69) is 21.9 Å². The molecule has 0 bridgehead atoms. The van der Waals surface area contributed by atoms with Gasteiger partial charge in [-0.05, 0) is 35.9 Å². The maximum Gasteiger partial charge on any atom is 0.263 e. The molecule has 4 rings (SSSR count). The molecule has 146 valence electrons. The predicted octanol–water partition coefficient (Wildman–Crippen LogP) is 4.20. The van der Waals surface area contributed by atoms with E-state index in [-0.39, 0.29) is 0 Å². The Hall–Kier alpha value is -3.14. The topological polar surface area (TPSA) is 67.0 Å². The van der Waals surface area contributed by atoms with Crippen LogP contribution in [-0.4, -0.2) is 17.1 Å². The van der Waals surface area contributed by atoms with Gasteiger partial charge in [-0.25, -0.2) is 0 Å². The lowest BCUT2D eigenvalue weighted by molar-refractivity contribution is 0.412. The lowest BCUT2D eigenvalue weighted by Crippen LogP contribution is -2.22. The Morgan fingerprint density at radius 2 is 1.76 bits per heavy atom. The van der Waals surface area contributed by atoms with E-state index in [0.29, 0.717) is 28.5 Å². The summed E-state index contributed by atoms with van der Waals surface area (Å²) in [6.07, 6.45) is 3.51. The normalized spacial score (nSPS) is 13.1. The van der Waals surface area contributed by atoms with E-state index in [1.165, 1.54) is 7.11 Å². The number of H-pyrrole nitrogens is 1. The van der Waals surface area contributed by atoms with Crippen molar-refractivity contribution >= 4 is 34.6 Å². The first-order valence-electron chi connectivity index (χ1n) is 9.28. The number of rotatable bonds is 7. The Bertz CT molecular complexity index is 1190. The molecule has 29 heavy (non-hydrogen) atoms. The predicted molar refractivity (Wildman–Crippen MR) is 119 cm³/mol. The molecule has 0 aliphatic heterocycles. The van der Waals surface area contributed by atoms with Crippen LogP contribution in [-0.2, 0) is 15.6 Å². The SMILES string of the molecule is C=C(NCc1ccncc1)c1[nH]c2ccccc2c1P(=O)(OC)c1ccccc1. The summed E-state index contributed by atoms with van der Waals surface area (Å²) in [7, 11) is -1.84. The van der Waals surface area contributed by atoms with Crippen molar-refractivity contribution in [3.05, 3.63) is 97.0 Å². The molecule has 0 amide bonds. The molecule has 6 heteroatoms. The Balaban J connectivity index is 1.81. The molecule has 1 unspecified atom stereocenters. The van der Waals surface area contributed by atoms with Crippen molar-refractivity contribution in [2.45, 2.75) is 6.54 Å². The number of benzene rings is 2. The number of nitrogens with one attached hydrogen (secondary N) is 2. The van der Waals surface area contributed by atoms with Gasteiger partial charge in [0, 0.05) is 42.3 Å². The number of aromatic amines is 1. The van der Waals surface area contributed by atoms with Gasteiger partial charge in [0.05, 0.1) is 16.7 Å². The Morgan fingerprint density at radius 3 is 2.48 bits per heavy atom. The van der Waals surface area contributed by atoms with E-state index in [1.807, 2.05) is 66.7 Å². The van der Waals surface area contributed by atoms with E-state index in [0.717, 1.165) is 16.5 Å². The molecule has 2 aromatic carbocycles. The molecular weight excluding hydrogens is 381 g/mol. The fraction of sp³-hybridized carbons (Fsp3) is 0.0870. The van der Waals surface area contributed by atoms with Crippen molar-refractivity contribution in [1.29, 1.82) is 0 Å². The van der Waals surface area contributed by atoms with Gasteiger partial charge in [-0.15, -0.1) is 0 Å². The van der Waals surface area contributed by atoms with E-state index < -0.39 is 7.37 Å². The summed E-state index contributed by atoms with van der Waals surface area (Å²) in [5.74, 6) is 0. The van der Waals surface area contributed by atoms with Crippen molar-refractivity contribution in [3.8, 4) is 0 Å². The van der Waals surface area contributed by atoms with Crippen LogP contribution in [0.25, 0.3) is 16.6 Å². The van der Waals surface area contributed by atoms with Gasteiger partial charge in [-0.2, -0.15) is 0 Å². The summed E-state index contributed by atoms with van der Waals surface area (Å²) in [4.78, 5) is 7.42. The molecule has 0 aliphatic carbocycles. The zero-order valence-electron chi connectivity index (χ0n) is 16.1. The molecule has 0 saturated heterocycles. The second kappa shape index (κ2) is 8.08. The number of aromatic nitrogens is 2. The molecular formula is C23H22N3O2P. The van der Waals surface area contributed by atoms with Crippen LogP contribution in [0, 0.1) is 0 Å². The van der Waals surface area contributed by atoms with Crippen LogP contribution in [0.1, 0.15) is 11.3 Å². The average Bonchev–Trinajstić information content (AvgIpc) is 3.18. The van der Waals surface area contributed by atoms with Crippen LogP contribution in [0.4, 0.5) is 0 Å². The smallest absolute Gasteiger partial charge is 0.263 e. The Kier molecular flexibility index (Phi) is 5.34. The third-order valence-electron chi connectivity index (χ3n) is 4.88. The van der Waals surface area contributed by atoms with Gasteiger partial charge in [-0.1, -0.05) is 43.0 Å². The highest BCUT2D eigenvalue weighted by molar-refractivity contribution is 7.75. The lowest BCUT2D eigenvalue weighted by Gasteiger charge is -2.19. The Morgan fingerprint density at radius 1 is 1.07 bits per heavy atom. The fourth-order valence-corrected chi connectivity index (χ4v) is 5.61. The van der Waals surface area contributed by atoms with E-state index in [9.17, 15) is 4.57 Å². The van der Waals surface area contributed by atoms with Crippen LogP contribution in [0.2, 0.25) is 0 Å². The molecule has 0 spiro atoms. The first-order chi connectivity index (χ1) is 14.1. The quantitative estimate of drug-likeness (QED) is 0.454. The highest BCUT2D eigenvalue weighted by Crippen LogP contribution is 2.47. The van der Waals surface area contributed by atoms with Gasteiger partial charge in [0.25, 0.3) is 7.37 Å². The summed E-state index contributed by atoms with van der Waals surface area (Å²) in [6.45, 7) is 4.78. The van der Waals surface area contributed by atoms with E-state index in [1.54, 1.807) is 12.4 Å². The summed E-state index contributed by atoms with van der Waals surface area (Å²) < 4.78 is 19.8. The van der Waals surface area contributed by atoms with Gasteiger partial charge in [0.1, 0.15) is 0 Å². The highest BCUT2D eigenvalue weighted by Gasteiger charge is 2.34. The summed E-state index contributed by atoms with van der Waals surface area (Å²) in [5, 5.41) is 5.48. The summed E-state index contributed by atoms with van der Waals surface area (Å²) >= 11 is 0. The number of fused-ring (bicyclic) bond motifs is 1. The van der Waals surface area contributed by atoms with Crippen LogP contribution < -0.4 is 15.9 Å². The average molecular weight is 403 g/mol. The van der Waals surface area contributed by atoms with Crippen molar-refractivity contribution in [2.75, 3.05) is 7.11 Å². The first kappa shape index (κ1) is 19.2. The summed E-state index contributed by atoms with van der Waals surface area (Å²) in [5.41, 5.74) is 3.31. The van der Waals surface area contributed by atoms with Crippen LogP contribution >= 0.6 is 7.37 Å². The Labute approximate surface area is 169 Å². The van der Waals surface area contributed by atoms with Crippen LogP contribution in [0.15, 0.2) is 85.7 Å². The molecule has 4 aromatic rings. The van der Waals surface area contributed by atoms with Gasteiger partial charge < -0.3 is 14.8 Å². The maximum atomic E-state index is 14.1. The minimum absolute atomic E-state index is 0.582. The minimum atomic E-state index is -3.33. The first-order valence-corrected chi connectivity index (χ1v) is 10.9. The van der Waals surface area contributed by atoms with Gasteiger partial charge in [0.2, 0.25) is 0 Å². The van der Waals surface area contributed by atoms with Gasteiger partial charge in [0.15, 0.2) is 0 Å². The van der Waals surface area contributed by atoms with Gasteiger partial charge in [-0.3, -0.25) is 9.55 Å². The van der Waals surface area contributed by atoms with Crippen LogP contribution in [0.3, 0.4) is 0 Å². The minimum Gasteiger partial charge on any atom is -0.380 e. The van der Waals surface area contributed by atoms with Crippen LogP contribution in [0.5, 0.6) is 0 Å². The fourth-order valence-electron chi connectivity index (χ4n) is 3.40. The third kappa shape index (κ3) is 3.63.